The first-order valence-corrected chi connectivity index (χ1v) is 12.4. The van der Waals surface area contributed by atoms with Crippen LogP contribution in [0.1, 0.15) is 54.4 Å². The number of sulfonamides is 1. The van der Waals surface area contributed by atoms with E-state index in [2.05, 4.69) is 26.0 Å². The third kappa shape index (κ3) is 4.60. The Kier molecular flexibility index (Phi) is 6.01. The molecular weight excluding hydrogens is 471 g/mol. The van der Waals surface area contributed by atoms with Crippen LogP contribution in [-0.4, -0.2) is 26.9 Å². The minimum atomic E-state index is -3.65. The van der Waals surface area contributed by atoms with Gasteiger partial charge in [-0.2, -0.15) is 0 Å². The normalized spacial score (nSPS) is 18.3. The third-order valence-electron chi connectivity index (χ3n) is 6.00. The van der Waals surface area contributed by atoms with Crippen molar-refractivity contribution in [3.8, 4) is 0 Å². The van der Waals surface area contributed by atoms with E-state index in [1.807, 2.05) is 0 Å². The van der Waals surface area contributed by atoms with Crippen LogP contribution in [0, 0.1) is 5.82 Å². The van der Waals surface area contributed by atoms with E-state index in [0.29, 0.717) is 11.0 Å². The Labute approximate surface area is 184 Å². The van der Waals surface area contributed by atoms with Crippen LogP contribution < -0.4 is 10.0 Å². The van der Waals surface area contributed by atoms with Crippen LogP contribution in [0.3, 0.4) is 0 Å². The summed E-state index contributed by atoms with van der Waals surface area (Å²) in [5.41, 5.74) is 1.07. The monoisotopic (exact) mass is 494 g/mol. The summed E-state index contributed by atoms with van der Waals surface area (Å²) >= 11 is 3.36. The molecule has 0 atom stereocenters. The number of carbonyl (C=O) groups excluding carboxylic acids is 1. The van der Waals surface area contributed by atoms with Crippen LogP contribution >= 0.6 is 15.9 Å². The first kappa shape index (κ1) is 21.5. The number of nitrogens with one attached hydrogen (secondary N) is 2. The lowest BCUT2D eigenvalue weighted by Gasteiger charge is -2.30. The highest BCUT2D eigenvalue weighted by atomic mass is 79.9. The quantitative estimate of drug-likeness (QED) is 0.603. The van der Waals surface area contributed by atoms with E-state index < -0.39 is 10.0 Å². The molecule has 0 heterocycles. The molecule has 0 bridgehead atoms. The summed E-state index contributed by atoms with van der Waals surface area (Å²) in [6.07, 6.45) is 5.62. The van der Waals surface area contributed by atoms with Crippen molar-refractivity contribution in [2.75, 3.05) is 6.54 Å². The third-order valence-corrected chi connectivity index (χ3v) is 8.21. The molecule has 1 amide bonds. The van der Waals surface area contributed by atoms with E-state index in [-0.39, 0.29) is 33.6 Å². The van der Waals surface area contributed by atoms with Gasteiger partial charge in [0.05, 0.1) is 10.5 Å². The van der Waals surface area contributed by atoms with E-state index in [4.69, 9.17) is 0 Å². The van der Waals surface area contributed by atoms with Crippen LogP contribution in [-0.2, 0) is 15.4 Å². The number of benzene rings is 2. The first-order chi connectivity index (χ1) is 14.3. The number of carbonyl (C=O) groups is 1. The standard InChI is InChI=1S/C22H24BrFN2O3S/c23-20-10-9-18(30(28,29)26-17-7-8-17)13-19(20)21(27)25-14-22(11-1-2-12-22)15-3-5-16(24)6-4-15/h3-6,9-10,13,17,26H,1-2,7-8,11-12,14H2,(H,25,27). The zero-order valence-corrected chi connectivity index (χ0v) is 18.9. The molecule has 0 radical (unpaired) electrons. The molecule has 0 saturated heterocycles. The molecule has 2 aliphatic rings. The molecule has 0 aliphatic heterocycles. The molecular formula is C22H24BrFN2O3S. The lowest BCUT2D eigenvalue weighted by Crippen LogP contribution is -2.39. The molecule has 2 N–H and O–H groups in total. The van der Waals surface area contributed by atoms with Crippen molar-refractivity contribution in [2.45, 2.75) is 54.9 Å². The molecule has 8 heteroatoms. The number of halogens is 2. The van der Waals surface area contributed by atoms with E-state index in [1.165, 1.54) is 24.3 Å². The fourth-order valence-corrected chi connectivity index (χ4v) is 5.86. The minimum Gasteiger partial charge on any atom is -0.351 e. The summed E-state index contributed by atoms with van der Waals surface area (Å²) in [5, 5.41) is 2.99. The average molecular weight is 495 g/mol. The number of amides is 1. The van der Waals surface area contributed by atoms with Gasteiger partial charge in [0.25, 0.3) is 5.91 Å². The zero-order chi connectivity index (χ0) is 21.4. The second-order valence-corrected chi connectivity index (χ2v) is 10.8. The van der Waals surface area contributed by atoms with E-state index in [9.17, 15) is 17.6 Å². The van der Waals surface area contributed by atoms with Crippen molar-refractivity contribution >= 4 is 31.9 Å². The molecule has 2 aromatic carbocycles. The first-order valence-electron chi connectivity index (χ1n) is 10.2. The van der Waals surface area contributed by atoms with Gasteiger partial charge in [0.15, 0.2) is 0 Å². The van der Waals surface area contributed by atoms with Crippen LogP contribution in [0.4, 0.5) is 4.39 Å². The fraction of sp³-hybridized carbons (Fsp3) is 0.409. The molecule has 0 unspecified atom stereocenters. The molecule has 0 aromatic heterocycles. The van der Waals surface area contributed by atoms with Crippen LogP contribution in [0.15, 0.2) is 51.8 Å². The van der Waals surface area contributed by atoms with Crippen molar-refractivity contribution in [3.05, 3.63) is 63.9 Å². The number of hydrogen-bond donors (Lipinski definition) is 2. The lowest BCUT2D eigenvalue weighted by molar-refractivity contribution is 0.0942. The second kappa shape index (κ2) is 8.40. The summed E-state index contributed by atoms with van der Waals surface area (Å²) in [6, 6.07) is 11.0. The minimum absolute atomic E-state index is 0.00569. The topological polar surface area (TPSA) is 75.3 Å². The Morgan fingerprint density at radius 2 is 1.77 bits per heavy atom. The average Bonchev–Trinajstić information content (AvgIpc) is 3.39. The van der Waals surface area contributed by atoms with Crippen molar-refractivity contribution in [1.82, 2.24) is 10.0 Å². The van der Waals surface area contributed by atoms with Gasteiger partial charge < -0.3 is 5.32 Å². The molecule has 30 heavy (non-hydrogen) atoms. The van der Waals surface area contributed by atoms with Gasteiger partial charge in [-0.15, -0.1) is 0 Å². The summed E-state index contributed by atoms with van der Waals surface area (Å²) in [6.45, 7) is 0.418. The highest BCUT2D eigenvalue weighted by Gasteiger charge is 2.36. The summed E-state index contributed by atoms with van der Waals surface area (Å²) in [5.74, 6) is -0.614. The van der Waals surface area contributed by atoms with Crippen molar-refractivity contribution in [1.29, 1.82) is 0 Å². The molecule has 0 spiro atoms. The SMILES string of the molecule is O=C(NCC1(c2ccc(F)cc2)CCCC1)c1cc(S(=O)(=O)NC2CC2)ccc1Br. The van der Waals surface area contributed by atoms with Gasteiger partial charge in [0, 0.05) is 22.5 Å². The number of hydrogen-bond acceptors (Lipinski definition) is 3. The van der Waals surface area contributed by atoms with Gasteiger partial charge >= 0.3 is 0 Å². The lowest BCUT2D eigenvalue weighted by atomic mass is 9.78. The Morgan fingerprint density at radius 1 is 1.10 bits per heavy atom. The maximum Gasteiger partial charge on any atom is 0.252 e. The Balaban J connectivity index is 1.53. The van der Waals surface area contributed by atoms with Crippen molar-refractivity contribution in [2.24, 2.45) is 0 Å². The maximum atomic E-state index is 13.4. The van der Waals surface area contributed by atoms with Crippen molar-refractivity contribution < 1.29 is 17.6 Å². The molecule has 2 aliphatic carbocycles. The van der Waals surface area contributed by atoms with Gasteiger partial charge in [-0.25, -0.2) is 17.5 Å². The van der Waals surface area contributed by atoms with Gasteiger partial charge in [-0.1, -0.05) is 25.0 Å². The Bertz CT molecular complexity index is 1050. The molecule has 2 aromatic rings. The smallest absolute Gasteiger partial charge is 0.252 e. The van der Waals surface area contributed by atoms with Gasteiger partial charge in [-0.3, -0.25) is 4.79 Å². The Morgan fingerprint density at radius 3 is 2.40 bits per heavy atom. The summed E-state index contributed by atoms with van der Waals surface area (Å²) in [7, 11) is -3.65. The largest absolute Gasteiger partial charge is 0.351 e. The maximum absolute atomic E-state index is 13.4. The molecule has 4 rings (SSSR count). The van der Waals surface area contributed by atoms with Crippen molar-refractivity contribution in [3.63, 3.8) is 0 Å². The number of rotatable bonds is 7. The van der Waals surface area contributed by atoms with Gasteiger partial charge in [0.2, 0.25) is 10.0 Å². The Hall–Kier alpha value is -1.77. The molecule has 160 valence electrons. The van der Waals surface area contributed by atoms with Crippen LogP contribution in [0.25, 0.3) is 0 Å². The van der Waals surface area contributed by atoms with E-state index in [0.717, 1.165) is 44.1 Å². The zero-order valence-electron chi connectivity index (χ0n) is 16.5. The van der Waals surface area contributed by atoms with Gasteiger partial charge in [-0.05, 0) is 77.5 Å². The summed E-state index contributed by atoms with van der Waals surface area (Å²) < 4.78 is 41.6. The predicted molar refractivity (Wildman–Crippen MR) is 116 cm³/mol. The fourth-order valence-electron chi connectivity index (χ4n) is 4.10. The van der Waals surface area contributed by atoms with Crippen LogP contribution in [0.2, 0.25) is 0 Å². The van der Waals surface area contributed by atoms with Gasteiger partial charge in [0.1, 0.15) is 5.82 Å². The summed E-state index contributed by atoms with van der Waals surface area (Å²) in [4.78, 5) is 13.0. The predicted octanol–water partition coefficient (Wildman–Crippen LogP) is 4.27. The highest BCUT2D eigenvalue weighted by molar-refractivity contribution is 9.10. The van der Waals surface area contributed by atoms with E-state index in [1.54, 1.807) is 18.2 Å². The van der Waals surface area contributed by atoms with Crippen LogP contribution in [0.5, 0.6) is 0 Å². The highest BCUT2D eigenvalue weighted by Crippen LogP contribution is 2.40. The molecule has 2 saturated carbocycles. The molecule has 2 fully saturated rings. The second-order valence-electron chi connectivity index (χ2n) is 8.21. The molecule has 5 nitrogen and oxygen atoms in total. The van der Waals surface area contributed by atoms with E-state index >= 15 is 0 Å².